The van der Waals surface area contributed by atoms with Crippen LogP contribution in [-0.2, 0) is 4.84 Å². The molecule has 0 amide bonds. The summed E-state index contributed by atoms with van der Waals surface area (Å²) < 4.78 is 0. The van der Waals surface area contributed by atoms with Gasteiger partial charge in [-0.05, 0) is 18.6 Å². The number of hydrogen-bond donors (Lipinski definition) is 1. The summed E-state index contributed by atoms with van der Waals surface area (Å²) in [5.74, 6) is -0.767. The van der Waals surface area contributed by atoms with E-state index in [0.29, 0.717) is 5.56 Å². The molecular weight excluding hydrogens is 286 g/mol. The lowest BCUT2D eigenvalue weighted by atomic mass is 10.1. The number of nitrogens with two attached hydrogens (primary N) is 1. The van der Waals surface area contributed by atoms with Gasteiger partial charge in [-0.3, -0.25) is 10.1 Å². The predicted molar refractivity (Wildman–Crippen MR) is 80.4 cm³/mol. The molecule has 7 heteroatoms. The predicted octanol–water partition coefficient (Wildman–Crippen LogP) is 2.38. The van der Waals surface area contributed by atoms with Gasteiger partial charge in [0.2, 0.25) is 0 Å². The van der Waals surface area contributed by atoms with Gasteiger partial charge in [0.05, 0.1) is 10.5 Å². The molecule has 112 valence electrons. The molecule has 2 rings (SSSR count). The van der Waals surface area contributed by atoms with Crippen LogP contribution in [0, 0.1) is 17.0 Å². The first kappa shape index (κ1) is 15.2. The van der Waals surface area contributed by atoms with Gasteiger partial charge in [0, 0.05) is 17.7 Å². The van der Waals surface area contributed by atoms with E-state index in [2.05, 4.69) is 5.16 Å². The molecule has 22 heavy (non-hydrogen) atoms. The van der Waals surface area contributed by atoms with Crippen LogP contribution in [0.5, 0.6) is 0 Å². The third kappa shape index (κ3) is 3.45. The number of carbonyl (C=O) groups excluding carboxylic acids is 1. The molecule has 2 N–H and O–H groups in total. The van der Waals surface area contributed by atoms with Crippen molar-refractivity contribution in [1.82, 2.24) is 0 Å². The maximum Gasteiger partial charge on any atom is 0.366 e. The van der Waals surface area contributed by atoms with Crippen molar-refractivity contribution in [3.05, 3.63) is 75.3 Å². The summed E-state index contributed by atoms with van der Waals surface area (Å²) in [7, 11) is 0. The van der Waals surface area contributed by atoms with Gasteiger partial charge in [-0.15, -0.1) is 0 Å². The molecule has 0 atom stereocenters. The molecule has 7 nitrogen and oxygen atoms in total. The molecule has 0 heterocycles. The first-order valence-corrected chi connectivity index (χ1v) is 6.34. The average Bonchev–Trinajstić information content (AvgIpc) is 2.52. The quantitative estimate of drug-likeness (QED) is 0.306. The summed E-state index contributed by atoms with van der Waals surface area (Å²) in [5.41, 5.74) is 7.12. The number of benzene rings is 2. The van der Waals surface area contributed by atoms with Crippen LogP contribution in [0.3, 0.4) is 0 Å². The monoisotopic (exact) mass is 299 g/mol. The number of amidine groups is 1. The molecule has 0 aliphatic rings. The lowest BCUT2D eigenvalue weighted by Gasteiger charge is -2.04. The van der Waals surface area contributed by atoms with Crippen molar-refractivity contribution in [3.63, 3.8) is 0 Å². The molecule has 2 aromatic rings. The Morgan fingerprint density at radius 1 is 1.23 bits per heavy atom. The third-order valence-corrected chi connectivity index (χ3v) is 2.94. The minimum Gasteiger partial charge on any atom is -0.380 e. The van der Waals surface area contributed by atoms with Crippen LogP contribution in [0.2, 0.25) is 0 Å². The summed E-state index contributed by atoms with van der Waals surface area (Å²) in [6.45, 7) is 1.85. The van der Waals surface area contributed by atoms with Gasteiger partial charge in [-0.2, -0.15) is 0 Å². The summed E-state index contributed by atoms with van der Waals surface area (Å²) >= 11 is 0. The molecule has 0 saturated carbocycles. The second kappa shape index (κ2) is 6.49. The fourth-order valence-corrected chi connectivity index (χ4v) is 1.80. The normalized spacial score (nSPS) is 11.0. The lowest BCUT2D eigenvalue weighted by molar-refractivity contribution is -0.384. The van der Waals surface area contributed by atoms with E-state index in [1.807, 2.05) is 19.1 Å². The van der Waals surface area contributed by atoms with Crippen LogP contribution in [0.15, 0.2) is 53.7 Å². The first-order chi connectivity index (χ1) is 10.5. The van der Waals surface area contributed by atoms with Crippen LogP contribution in [0.25, 0.3) is 0 Å². The van der Waals surface area contributed by atoms with Gasteiger partial charge in [-0.1, -0.05) is 35.5 Å². The van der Waals surface area contributed by atoms with Crippen molar-refractivity contribution < 1.29 is 14.6 Å². The number of oxime groups is 1. The molecule has 0 aliphatic heterocycles. The Balaban J connectivity index is 2.16. The topological polar surface area (TPSA) is 108 Å². The number of nitrogens with zero attached hydrogens (tertiary/aromatic N) is 2. The Bertz CT molecular complexity index is 756. The Kier molecular flexibility index (Phi) is 4.47. The van der Waals surface area contributed by atoms with E-state index >= 15 is 0 Å². The molecule has 0 aromatic heterocycles. The summed E-state index contributed by atoms with van der Waals surface area (Å²) in [5, 5.41) is 14.3. The molecule has 0 aliphatic carbocycles. The maximum atomic E-state index is 11.8. The Labute approximate surface area is 126 Å². The van der Waals surface area contributed by atoms with Gasteiger partial charge in [-0.25, -0.2) is 4.79 Å². The van der Waals surface area contributed by atoms with E-state index in [0.717, 1.165) is 11.6 Å². The Hall–Kier alpha value is -3.22. The minimum absolute atomic E-state index is 0.0236. The van der Waals surface area contributed by atoms with E-state index in [1.165, 1.54) is 18.2 Å². The van der Waals surface area contributed by atoms with Crippen molar-refractivity contribution in [3.8, 4) is 0 Å². The highest BCUT2D eigenvalue weighted by atomic mass is 16.7. The van der Waals surface area contributed by atoms with Crippen molar-refractivity contribution in [2.45, 2.75) is 6.92 Å². The molecule has 0 bridgehead atoms. The first-order valence-electron chi connectivity index (χ1n) is 6.34. The zero-order chi connectivity index (χ0) is 16.1. The van der Waals surface area contributed by atoms with Crippen molar-refractivity contribution in [2.75, 3.05) is 0 Å². The van der Waals surface area contributed by atoms with Gasteiger partial charge in [0.15, 0.2) is 5.84 Å². The Morgan fingerprint density at radius 3 is 2.64 bits per heavy atom. The third-order valence-electron chi connectivity index (χ3n) is 2.94. The number of rotatable bonds is 4. The summed E-state index contributed by atoms with van der Waals surface area (Å²) in [6, 6.07) is 12.4. The molecule has 2 aromatic carbocycles. The standard InChI is InChI=1S/C15H13N3O4/c1-10-5-2-3-8-13(10)14(16)17-22-15(19)11-6-4-7-12(9-11)18(20)21/h2-9H,1H3,(H2,16,17). The Morgan fingerprint density at radius 2 is 1.95 bits per heavy atom. The number of nitro groups is 1. The van der Waals surface area contributed by atoms with Crippen LogP contribution in [0.1, 0.15) is 21.5 Å². The molecule has 0 radical (unpaired) electrons. The van der Waals surface area contributed by atoms with Crippen LogP contribution in [0.4, 0.5) is 5.69 Å². The van der Waals surface area contributed by atoms with Crippen LogP contribution in [-0.4, -0.2) is 16.7 Å². The van der Waals surface area contributed by atoms with E-state index in [-0.39, 0.29) is 17.1 Å². The number of aryl methyl sites for hydroxylation is 1. The second-order valence-corrected chi connectivity index (χ2v) is 4.48. The van der Waals surface area contributed by atoms with Gasteiger partial charge in [0.1, 0.15) is 0 Å². The zero-order valence-corrected chi connectivity index (χ0v) is 11.7. The van der Waals surface area contributed by atoms with Gasteiger partial charge < -0.3 is 10.6 Å². The molecule has 0 saturated heterocycles. The molecule has 0 fully saturated rings. The SMILES string of the molecule is Cc1ccccc1/C(N)=N\OC(=O)c1cccc([N+](=O)[O-])c1. The fraction of sp³-hybridized carbons (Fsp3) is 0.0667. The van der Waals surface area contributed by atoms with E-state index in [4.69, 9.17) is 10.6 Å². The van der Waals surface area contributed by atoms with E-state index < -0.39 is 10.9 Å². The zero-order valence-electron chi connectivity index (χ0n) is 11.7. The molecule has 0 spiro atoms. The minimum atomic E-state index is -0.819. The highest BCUT2D eigenvalue weighted by Gasteiger charge is 2.13. The number of carbonyl (C=O) groups is 1. The van der Waals surface area contributed by atoms with E-state index in [9.17, 15) is 14.9 Å². The number of hydrogen-bond acceptors (Lipinski definition) is 5. The summed E-state index contributed by atoms with van der Waals surface area (Å²) in [4.78, 5) is 26.6. The van der Waals surface area contributed by atoms with Crippen LogP contribution < -0.4 is 5.73 Å². The van der Waals surface area contributed by atoms with E-state index in [1.54, 1.807) is 12.1 Å². The van der Waals surface area contributed by atoms with Crippen molar-refractivity contribution >= 4 is 17.5 Å². The molecule has 0 unspecified atom stereocenters. The van der Waals surface area contributed by atoms with Gasteiger partial charge in [0.25, 0.3) is 5.69 Å². The van der Waals surface area contributed by atoms with Crippen LogP contribution >= 0.6 is 0 Å². The lowest BCUT2D eigenvalue weighted by Crippen LogP contribution is -2.16. The smallest absolute Gasteiger partial charge is 0.366 e. The largest absolute Gasteiger partial charge is 0.380 e. The highest BCUT2D eigenvalue weighted by molar-refractivity contribution is 5.99. The average molecular weight is 299 g/mol. The summed E-state index contributed by atoms with van der Waals surface area (Å²) in [6.07, 6.45) is 0. The fourth-order valence-electron chi connectivity index (χ4n) is 1.80. The van der Waals surface area contributed by atoms with Gasteiger partial charge >= 0.3 is 5.97 Å². The maximum absolute atomic E-state index is 11.8. The van der Waals surface area contributed by atoms with Crippen molar-refractivity contribution in [1.29, 1.82) is 0 Å². The molecular formula is C15H13N3O4. The number of nitro benzene ring substituents is 1. The number of non-ortho nitro benzene ring substituents is 1. The highest BCUT2D eigenvalue weighted by Crippen LogP contribution is 2.14. The second-order valence-electron chi connectivity index (χ2n) is 4.48. The van der Waals surface area contributed by atoms with Crippen molar-refractivity contribution in [2.24, 2.45) is 10.9 Å².